The lowest BCUT2D eigenvalue weighted by Crippen LogP contribution is -2.52. The molecule has 2 aliphatic heterocycles. The van der Waals surface area contributed by atoms with Crippen molar-refractivity contribution in [3.8, 4) is 0 Å². The first-order valence-electron chi connectivity index (χ1n) is 7.94. The monoisotopic (exact) mass is 358 g/mol. The number of piperazine rings is 1. The van der Waals surface area contributed by atoms with Crippen LogP contribution in [0.25, 0.3) is 0 Å². The summed E-state index contributed by atoms with van der Waals surface area (Å²) in [6.07, 6.45) is 0. The number of benzene rings is 1. The van der Waals surface area contributed by atoms with Crippen LogP contribution >= 0.6 is 24.0 Å². The van der Waals surface area contributed by atoms with Gasteiger partial charge in [0.2, 0.25) is 5.91 Å². The summed E-state index contributed by atoms with van der Waals surface area (Å²) in [5.74, 6) is 0.371. The van der Waals surface area contributed by atoms with Crippen molar-refractivity contribution in [3.05, 3.63) is 29.3 Å². The highest BCUT2D eigenvalue weighted by Crippen LogP contribution is 2.20. The molecule has 0 aromatic heterocycles. The molecule has 0 saturated carbocycles. The number of hydrogen-bond acceptors (Lipinski definition) is 4. The summed E-state index contributed by atoms with van der Waals surface area (Å²) in [5, 5.41) is 6.94. The zero-order valence-corrected chi connectivity index (χ0v) is 14.7. The van der Waals surface area contributed by atoms with Crippen LogP contribution in [0, 0.1) is 5.92 Å². The summed E-state index contributed by atoms with van der Waals surface area (Å²) in [4.78, 5) is 16.5. The molecule has 128 valence electrons. The van der Waals surface area contributed by atoms with Gasteiger partial charge in [0.25, 0.3) is 0 Å². The fourth-order valence-corrected chi connectivity index (χ4v) is 3.04. The van der Waals surface area contributed by atoms with E-state index in [1.807, 2.05) is 18.2 Å². The average Bonchev–Trinajstić information content (AvgIpc) is 2.46. The summed E-state index contributed by atoms with van der Waals surface area (Å²) in [7, 11) is 0. The molecule has 0 unspecified atom stereocenters. The Bertz CT molecular complexity index is 517. The van der Waals surface area contributed by atoms with E-state index in [9.17, 15) is 4.79 Å². The van der Waals surface area contributed by atoms with E-state index in [1.165, 1.54) is 5.69 Å². The molecule has 2 N–H and O–H groups in total. The van der Waals surface area contributed by atoms with E-state index in [4.69, 9.17) is 11.6 Å². The van der Waals surface area contributed by atoms with E-state index in [0.717, 1.165) is 57.4 Å². The third-order valence-electron chi connectivity index (χ3n) is 4.43. The van der Waals surface area contributed by atoms with Gasteiger partial charge in [-0.15, -0.1) is 12.4 Å². The smallest absolute Gasteiger partial charge is 0.225 e. The van der Waals surface area contributed by atoms with E-state index in [0.29, 0.717) is 0 Å². The molecular weight excluding hydrogens is 335 g/mol. The molecule has 5 nitrogen and oxygen atoms in total. The molecular formula is C16H24Cl2N4O. The van der Waals surface area contributed by atoms with Gasteiger partial charge >= 0.3 is 0 Å². The molecule has 0 bridgehead atoms. The molecule has 2 saturated heterocycles. The molecule has 2 heterocycles. The number of amides is 1. The van der Waals surface area contributed by atoms with Crippen molar-refractivity contribution < 1.29 is 4.79 Å². The van der Waals surface area contributed by atoms with Crippen molar-refractivity contribution in [2.45, 2.75) is 0 Å². The fraction of sp³-hybridized carbons (Fsp3) is 0.562. The number of nitrogens with one attached hydrogen (secondary N) is 2. The Morgan fingerprint density at radius 1 is 1.26 bits per heavy atom. The van der Waals surface area contributed by atoms with Crippen LogP contribution < -0.4 is 15.5 Å². The predicted octanol–water partition coefficient (Wildman–Crippen LogP) is 1.22. The molecule has 1 aromatic carbocycles. The van der Waals surface area contributed by atoms with Crippen molar-refractivity contribution in [1.29, 1.82) is 0 Å². The second kappa shape index (κ2) is 8.73. The Kier molecular flexibility index (Phi) is 6.96. The SMILES string of the molecule is Cl.O=C(NCCN1CCN(c2cccc(Cl)c2)CC1)C1CNC1. The number of carbonyl (C=O) groups is 1. The van der Waals surface area contributed by atoms with Crippen LogP contribution in [0.5, 0.6) is 0 Å². The van der Waals surface area contributed by atoms with Gasteiger partial charge < -0.3 is 15.5 Å². The number of hydrogen-bond donors (Lipinski definition) is 2. The molecule has 0 radical (unpaired) electrons. The Balaban J connectivity index is 0.00000192. The topological polar surface area (TPSA) is 47.6 Å². The number of rotatable bonds is 5. The van der Waals surface area contributed by atoms with Gasteiger partial charge in [-0.3, -0.25) is 9.69 Å². The van der Waals surface area contributed by atoms with Crippen LogP contribution in [-0.4, -0.2) is 63.2 Å². The minimum absolute atomic E-state index is 0. The molecule has 0 spiro atoms. The second-order valence-corrected chi connectivity index (χ2v) is 6.39. The van der Waals surface area contributed by atoms with Gasteiger partial charge in [0.05, 0.1) is 5.92 Å². The second-order valence-electron chi connectivity index (χ2n) is 5.95. The van der Waals surface area contributed by atoms with Crippen LogP contribution in [0.15, 0.2) is 24.3 Å². The Labute approximate surface area is 148 Å². The molecule has 23 heavy (non-hydrogen) atoms. The Morgan fingerprint density at radius 3 is 2.61 bits per heavy atom. The van der Waals surface area contributed by atoms with Crippen molar-refractivity contribution in [3.63, 3.8) is 0 Å². The highest BCUT2D eigenvalue weighted by molar-refractivity contribution is 6.30. The van der Waals surface area contributed by atoms with Crippen LogP contribution in [0.2, 0.25) is 5.02 Å². The maximum Gasteiger partial charge on any atom is 0.225 e. The fourth-order valence-electron chi connectivity index (χ4n) is 2.86. The van der Waals surface area contributed by atoms with Crippen LogP contribution in [0.3, 0.4) is 0 Å². The predicted molar refractivity (Wildman–Crippen MR) is 96.7 cm³/mol. The minimum Gasteiger partial charge on any atom is -0.369 e. The van der Waals surface area contributed by atoms with Crippen molar-refractivity contribution in [2.75, 3.05) is 57.3 Å². The van der Waals surface area contributed by atoms with Crippen LogP contribution in [0.4, 0.5) is 5.69 Å². The quantitative estimate of drug-likeness (QED) is 0.830. The van der Waals surface area contributed by atoms with Crippen molar-refractivity contribution in [1.82, 2.24) is 15.5 Å². The third-order valence-corrected chi connectivity index (χ3v) is 4.66. The molecule has 1 aromatic rings. The number of carbonyl (C=O) groups excluding carboxylic acids is 1. The third kappa shape index (κ3) is 4.98. The molecule has 0 atom stereocenters. The van der Waals surface area contributed by atoms with Gasteiger partial charge in [-0.1, -0.05) is 17.7 Å². The van der Waals surface area contributed by atoms with Crippen molar-refractivity contribution in [2.24, 2.45) is 5.92 Å². The summed E-state index contributed by atoms with van der Waals surface area (Å²) < 4.78 is 0. The normalized spacial score (nSPS) is 18.9. The van der Waals surface area contributed by atoms with Crippen molar-refractivity contribution >= 4 is 35.6 Å². The average molecular weight is 359 g/mol. The molecule has 2 aliphatic rings. The van der Waals surface area contributed by atoms with E-state index in [1.54, 1.807) is 0 Å². The van der Waals surface area contributed by atoms with Gasteiger partial charge in [0, 0.05) is 63.1 Å². The highest BCUT2D eigenvalue weighted by atomic mass is 35.5. The molecule has 0 aliphatic carbocycles. The number of anilines is 1. The zero-order valence-electron chi connectivity index (χ0n) is 13.1. The number of nitrogens with zero attached hydrogens (tertiary/aromatic N) is 2. The first-order valence-corrected chi connectivity index (χ1v) is 8.31. The first kappa shape index (κ1) is 18.3. The molecule has 7 heteroatoms. The largest absolute Gasteiger partial charge is 0.369 e. The maximum atomic E-state index is 11.7. The standard InChI is InChI=1S/C16H23ClN4O.ClH/c17-14-2-1-3-15(10-14)21-8-6-20(7-9-21)5-4-19-16(22)13-11-18-12-13;/h1-3,10,13,18H,4-9,11-12H2,(H,19,22);1H. The summed E-state index contributed by atoms with van der Waals surface area (Å²) in [6, 6.07) is 8.02. The van der Waals surface area contributed by atoms with E-state index < -0.39 is 0 Å². The van der Waals surface area contributed by atoms with E-state index >= 15 is 0 Å². The molecule has 2 fully saturated rings. The van der Waals surface area contributed by atoms with Crippen LogP contribution in [-0.2, 0) is 4.79 Å². The first-order chi connectivity index (χ1) is 10.7. The van der Waals surface area contributed by atoms with E-state index in [-0.39, 0.29) is 24.2 Å². The van der Waals surface area contributed by atoms with Gasteiger partial charge in [0.15, 0.2) is 0 Å². The van der Waals surface area contributed by atoms with Crippen LogP contribution in [0.1, 0.15) is 0 Å². The lowest BCUT2D eigenvalue weighted by molar-refractivity contribution is -0.126. The summed E-state index contributed by atoms with van der Waals surface area (Å²) in [6.45, 7) is 7.36. The van der Waals surface area contributed by atoms with E-state index in [2.05, 4.69) is 26.5 Å². The lowest BCUT2D eigenvalue weighted by Gasteiger charge is -2.36. The van der Waals surface area contributed by atoms with Gasteiger partial charge in [-0.05, 0) is 18.2 Å². The summed E-state index contributed by atoms with van der Waals surface area (Å²) >= 11 is 6.05. The van der Waals surface area contributed by atoms with Gasteiger partial charge in [-0.25, -0.2) is 0 Å². The Hall–Kier alpha value is -1.01. The zero-order chi connectivity index (χ0) is 15.4. The highest BCUT2D eigenvalue weighted by Gasteiger charge is 2.24. The lowest BCUT2D eigenvalue weighted by atomic mass is 10.0. The molecule has 1 amide bonds. The number of halogens is 2. The molecule has 3 rings (SSSR count). The van der Waals surface area contributed by atoms with Gasteiger partial charge in [-0.2, -0.15) is 0 Å². The van der Waals surface area contributed by atoms with Gasteiger partial charge in [0.1, 0.15) is 0 Å². The minimum atomic E-state index is 0. The summed E-state index contributed by atoms with van der Waals surface area (Å²) in [5.41, 5.74) is 1.19. The maximum absolute atomic E-state index is 11.7. The Morgan fingerprint density at radius 2 is 2.00 bits per heavy atom.